The number of hydrogen-bond acceptors (Lipinski definition) is 4. The number of alkyl halides is 3. The van der Waals surface area contributed by atoms with Gasteiger partial charge in [-0.25, -0.2) is 0 Å². The van der Waals surface area contributed by atoms with Crippen molar-refractivity contribution >= 4 is 5.91 Å². The minimum Gasteiger partial charge on any atom is -0.380 e. The van der Waals surface area contributed by atoms with Crippen molar-refractivity contribution in [2.75, 3.05) is 19.8 Å². The highest BCUT2D eigenvalue weighted by Gasteiger charge is 2.34. The van der Waals surface area contributed by atoms with E-state index in [2.05, 4.69) is 34.4 Å². The number of carbonyl (C=O) groups excluding carboxylic acids is 1. The van der Waals surface area contributed by atoms with Crippen LogP contribution in [0.2, 0.25) is 0 Å². The van der Waals surface area contributed by atoms with Crippen LogP contribution in [0.1, 0.15) is 28.5 Å². The summed E-state index contributed by atoms with van der Waals surface area (Å²) < 4.78 is 44.7. The fraction of sp³-hybridized carbons (Fsp3) is 0.389. The molecule has 0 aliphatic carbocycles. The number of benzene rings is 1. The van der Waals surface area contributed by atoms with Crippen LogP contribution in [0.15, 0.2) is 30.5 Å². The fourth-order valence-electron chi connectivity index (χ4n) is 2.55. The van der Waals surface area contributed by atoms with E-state index < -0.39 is 17.6 Å². The molecule has 0 saturated carbocycles. The van der Waals surface area contributed by atoms with Crippen LogP contribution < -0.4 is 5.32 Å². The van der Waals surface area contributed by atoms with Gasteiger partial charge in [-0.3, -0.25) is 9.48 Å². The Hall–Kier alpha value is -2.86. The second-order valence-corrected chi connectivity index (χ2v) is 6.67. The van der Waals surface area contributed by atoms with Crippen molar-refractivity contribution in [3.8, 4) is 11.8 Å². The van der Waals surface area contributed by atoms with Gasteiger partial charge in [0.15, 0.2) is 5.69 Å². The minimum absolute atomic E-state index is 0.00211. The average Bonchev–Trinajstić information content (AvgIpc) is 3.05. The molecule has 1 aliphatic heterocycles. The molecular formula is C18H17F3N4O2. The molecule has 6 nitrogen and oxygen atoms in total. The highest BCUT2D eigenvalue weighted by Crippen LogP contribution is 2.29. The van der Waals surface area contributed by atoms with Crippen molar-refractivity contribution in [3.63, 3.8) is 0 Å². The minimum atomic E-state index is -4.42. The molecule has 2 aromatic rings. The average molecular weight is 378 g/mol. The molecule has 1 amide bonds. The van der Waals surface area contributed by atoms with E-state index >= 15 is 0 Å². The first kappa shape index (κ1) is 18.9. The van der Waals surface area contributed by atoms with Crippen LogP contribution >= 0.6 is 0 Å². The summed E-state index contributed by atoms with van der Waals surface area (Å²) in [5.41, 5.74) is -0.390. The molecule has 1 fully saturated rings. The summed E-state index contributed by atoms with van der Waals surface area (Å²) in [7, 11) is 0. The van der Waals surface area contributed by atoms with Gasteiger partial charge in [-0.1, -0.05) is 30.0 Å². The number of nitrogens with zero attached hydrogens (tertiary/aromatic N) is 3. The summed E-state index contributed by atoms with van der Waals surface area (Å²) in [5.74, 6) is 4.77. The molecule has 0 spiro atoms. The van der Waals surface area contributed by atoms with E-state index in [1.807, 2.05) is 0 Å². The van der Waals surface area contributed by atoms with E-state index in [1.165, 1.54) is 12.1 Å². The zero-order valence-corrected chi connectivity index (χ0v) is 14.5. The molecule has 1 saturated heterocycles. The van der Waals surface area contributed by atoms with Crippen LogP contribution in [0.3, 0.4) is 0 Å². The summed E-state index contributed by atoms with van der Waals surface area (Å²) in [4.78, 5) is 12.0. The predicted molar refractivity (Wildman–Crippen MR) is 89.6 cm³/mol. The maximum atomic E-state index is 12.7. The van der Waals surface area contributed by atoms with E-state index in [0.29, 0.717) is 19.8 Å². The lowest BCUT2D eigenvalue weighted by Crippen LogP contribution is -2.43. The predicted octanol–water partition coefficient (Wildman–Crippen LogP) is 2.11. The zero-order chi connectivity index (χ0) is 19.5. The molecule has 0 unspecified atom stereocenters. The van der Waals surface area contributed by atoms with E-state index in [1.54, 1.807) is 10.9 Å². The SMILES string of the molecule is CC1(Cn2cc(C(=O)NCC#Cc3cccc(C(F)(F)F)c3)nn2)COC1. The fourth-order valence-corrected chi connectivity index (χ4v) is 2.55. The van der Waals surface area contributed by atoms with Gasteiger partial charge in [0, 0.05) is 11.0 Å². The van der Waals surface area contributed by atoms with Gasteiger partial charge in [-0.15, -0.1) is 5.10 Å². The Morgan fingerprint density at radius 1 is 1.41 bits per heavy atom. The van der Waals surface area contributed by atoms with Crippen molar-refractivity contribution in [1.29, 1.82) is 0 Å². The number of nitrogens with one attached hydrogen (secondary N) is 1. The molecule has 9 heteroatoms. The van der Waals surface area contributed by atoms with E-state index in [0.717, 1.165) is 12.1 Å². The van der Waals surface area contributed by atoms with Gasteiger partial charge in [0.2, 0.25) is 0 Å². The van der Waals surface area contributed by atoms with E-state index in [9.17, 15) is 18.0 Å². The third-order valence-corrected chi connectivity index (χ3v) is 3.98. The number of carbonyl (C=O) groups is 1. The molecule has 3 rings (SSSR count). The van der Waals surface area contributed by atoms with Gasteiger partial charge in [-0.2, -0.15) is 13.2 Å². The molecule has 1 N–H and O–H groups in total. The first-order valence-electron chi connectivity index (χ1n) is 8.17. The second kappa shape index (κ2) is 7.40. The standard InChI is InChI=1S/C18H17F3N4O2/c1-17(11-27-12-17)10-25-9-15(23-24-25)16(26)22-7-3-5-13-4-2-6-14(8-13)18(19,20)21/h2,4,6,8-9H,7,10-12H2,1H3,(H,22,26). The quantitative estimate of drug-likeness (QED) is 0.828. The van der Waals surface area contributed by atoms with Gasteiger partial charge in [0.1, 0.15) is 0 Å². The molecule has 0 bridgehead atoms. The monoisotopic (exact) mass is 378 g/mol. The van der Waals surface area contributed by atoms with Gasteiger partial charge < -0.3 is 10.1 Å². The van der Waals surface area contributed by atoms with Crippen LogP contribution in [0.5, 0.6) is 0 Å². The maximum Gasteiger partial charge on any atom is 0.416 e. The molecule has 0 radical (unpaired) electrons. The molecule has 142 valence electrons. The number of rotatable bonds is 4. The van der Waals surface area contributed by atoms with Crippen LogP contribution in [-0.4, -0.2) is 40.7 Å². The summed E-state index contributed by atoms with van der Waals surface area (Å²) in [6.45, 7) is 3.91. The van der Waals surface area contributed by atoms with E-state index in [-0.39, 0.29) is 23.2 Å². The first-order valence-corrected chi connectivity index (χ1v) is 8.17. The summed E-state index contributed by atoms with van der Waals surface area (Å²) in [6.07, 6.45) is -2.88. The van der Waals surface area contributed by atoms with Crippen molar-refractivity contribution < 1.29 is 22.7 Å². The molecule has 2 heterocycles. The zero-order valence-electron chi connectivity index (χ0n) is 14.5. The lowest BCUT2D eigenvalue weighted by atomic mass is 9.89. The summed E-state index contributed by atoms with van der Waals surface area (Å²) in [5, 5.41) is 10.3. The highest BCUT2D eigenvalue weighted by molar-refractivity contribution is 5.91. The van der Waals surface area contributed by atoms with Crippen LogP contribution in [0.25, 0.3) is 0 Å². The highest BCUT2D eigenvalue weighted by atomic mass is 19.4. The van der Waals surface area contributed by atoms with E-state index in [4.69, 9.17) is 4.74 Å². The molecule has 0 atom stereocenters. The Bertz CT molecular complexity index is 892. The van der Waals surface area contributed by atoms with Crippen LogP contribution in [0, 0.1) is 17.3 Å². The lowest BCUT2D eigenvalue weighted by Gasteiger charge is -2.37. The molecule has 1 aromatic carbocycles. The van der Waals surface area contributed by atoms with Gasteiger partial charge in [-0.05, 0) is 18.2 Å². The number of hydrogen-bond donors (Lipinski definition) is 1. The van der Waals surface area contributed by atoms with Crippen molar-refractivity contribution in [2.45, 2.75) is 19.6 Å². The topological polar surface area (TPSA) is 69.0 Å². The summed E-state index contributed by atoms with van der Waals surface area (Å²) >= 11 is 0. The largest absolute Gasteiger partial charge is 0.416 e. The van der Waals surface area contributed by atoms with Crippen molar-refractivity contribution in [3.05, 3.63) is 47.3 Å². The molecule has 27 heavy (non-hydrogen) atoms. The van der Waals surface area contributed by atoms with Crippen molar-refractivity contribution in [1.82, 2.24) is 20.3 Å². The third-order valence-electron chi connectivity index (χ3n) is 3.98. The third kappa shape index (κ3) is 4.86. The van der Waals surface area contributed by atoms with Crippen LogP contribution in [-0.2, 0) is 17.5 Å². The number of aromatic nitrogens is 3. The molecular weight excluding hydrogens is 361 g/mol. The molecule has 1 aliphatic rings. The van der Waals surface area contributed by atoms with Gasteiger partial charge in [0.25, 0.3) is 5.91 Å². The Morgan fingerprint density at radius 2 is 2.19 bits per heavy atom. The van der Waals surface area contributed by atoms with Crippen LogP contribution in [0.4, 0.5) is 13.2 Å². The normalized spacial score (nSPS) is 15.4. The smallest absolute Gasteiger partial charge is 0.380 e. The Kier molecular flexibility index (Phi) is 5.19. The maximum absolute atomic E-state index is 12.7. The number of halogens is 3. The van der Waals surface area contributed by atoms with Gasteiger partial charge >= 0.3 is 6.18 Å². The Morgan fingerprint density at radius 3 is 2.85 bits per heavy atom. The molecule has 1 aromatic heterocycles. The summed E-state index contributed by atoms with van der Waals surface area (Å²) in [6, 6.07) is 4.70. The lowest BCUT2D eigenvalue weighted by molar-refractivity contribution is -0.137. The van der Waals surface area contributed by atoms with Crippen molar-refractivity contribution in [2.24, 2.45) is 5.41 Å². The second-order valence-electron chi connectivity index (χ2n) is 6.67. The number of amides is 1. The first-order chi connectivity index (χ1) is 12.8. The Balaban J connectivity index is 1.53. The number of ether oxygens (including phenoxy) is 1. The van der Waals surface area contributed by atoms with Gasteiger partial charge in [0.05, 0.1) is 38.1 Å². The Labute approximate surface area is 153 Å².